The summed E-state index contributed by atoms with van der Waals surface area (Å²) in [4.78, 5) is 0. The average molecular weight is 196 g/mol. The van der Waals surface area contributed by atoms with Gasteiger partial charge in [-0.15, -0.1) is 0 Å². The van der Waals surface area contributed by atoms with E-state index in [0.717, 1.165) is 12.3 Å². The molecule has 2 saturated carbocycles. The SMILES string of the molecule is CC1(C)CC1C(O)CC1CCCCC1. The van der Waals surface area contributed by atoms with Gasteiger partial charge in [0.25, 0.3) is 0 Å². The molecule has 14 heavy (non-hydrogen) atoms. The Labute approximate surface area is 87.9 Å². The molecule has 0 aromatic rings. The van der Waals surface area contributed by atoms with E-state index in [4.69, 9.17) is 0 Å². The van der Waals surface area contributed by atoms with E-state index < -0.39 is 0 Å². The molecule has 82 valence electrons. The van der Waals surface area contributed by atoms with Gasteiger partial charge in [0.15, 0.2) is 0 Å². The van der Waals surface area contributed by atoms with Gasteiger partial charge in [0.2, 0.25) is 0 Å². The van der Waals surface area contributed by atoms with Crippen molar-refractivity contribution in [1.82, 2.24) is 0 Å². The van der Waals surface area contributed by atoms with Gasteiger partial charge in [-0.05, 0) is 30.1 Å². The van der Waals surface area contributed by atoms with E-state index in [1.807, 2.05) is 0 Å². The lowest BCUT2D eigenvalue weighted by Gasteiger charge is -2.24. The lowest BCUT2D eigenvalue weighted by atomic mass is 9.84. The predicted molar refractivity (Wildman–Crippen MR) is 59.1 cm³/mol. The van der Waals surface area contributed by atoms with E-state index >= 15 is 0 Å². The summed E-state index contributed by atoms with van der Waals surface area (Å²) in [5, 5.41) is 10.1. The predicted octanol–water partition coefficient (Wildman–Crippen LogP) is 3.36. The first-order chi connectivity index (χ1) is 6.59. The molecule has 2 aliphatic rings. The summed E-state index contributed by atoms with van der Waals surface area (Å²) >= 11 is 0. The fourth-order valence-electron chi connectivity index (χ4n) is 3.09. The zero-order chi connectivity index (χ0) is 10.2. The Morgan fingerprint density at radius 1 is 1.21 bits per heavy atom. The van der Waals surface area contributed by atoms with Crippen LogP contribution in [0.4, 0.5) is 0 Å². The largest absolute Gasteiger partial charge is 0.393 e. The van der Waals surface area contributed by atoms with Crippen molar-refractivity contribution in [3.8, 4) is 0 Å². The number of hydrogen-bond acceptors (Lipinski definition) is 1. The van der Waals surface area contributed by atoms with Crippen molar-refractivity contribution >= 4 is 0 Å². The van der Waals surface area contributed by atoms with Crippen LogP contribution in [0, 0.1) is 17.3 Å². The molecule has 0 radical (unpaired) electrons. The van der Waals surface area contributed by atoms with Gasteiger partial charge in [-0.2, -0.15) is 0 Å². The second-order valence-electron chi connectivity index (χ2n) is 6.11. The first-order valence-electron chi connectivity index (χ1n) is 6.28. The molecule has 0 bridgehead atoms. The van der Waals surface area contributed by atoms with Gasteiger partial charge in [-0.25, -0.2) is 0 Å². The topological polar surface area (TPSA) is 20.2 Å². The highest BCUT2D eigenvalue weighted by atomic mass is 16.3. The number of aliphatic hydroxyl groups excluding tert-OH is 1. The highest BCUT2D eigenvalue weighted by Crippen LogP contribution is 2.54. The Hall–Kier alpha value is -0.0400. The van der Waals surface area contributed by atoms with Gasteiger partial charge in [-0.1, -0.05) is 46.0 Å². The molecule has 2 rings (SSSR count). The van der Waals surface area contributed by atoms with Gasteiger partial charge in [0.1, 0.15) is 0 Å². The van der Waals surface area contributed by atoms with E-state index in [9.17, 15) is 5.11 Å². The molecule has 2 atom stereocenters. The first-order valence-corrected chi connectivity index (χ1v) is 6.28. The molecule has 1 heteroatoms. The van der Waals surface area contributed by atoms with Crippen molar-refractivity contribution in [2.75, 3.05) is 0 Å². The summed E-state index contributed by atoms with van der Waals surface area (Å²) in [5.41, 5.74) is 0.439. The van der Waals surface area contributed by atoms with Gasteiger partial charge < -0.3 is 5.11 Å². The van der Waals surface area contributed by atoms with Crippen LogP contribution in [-0.2, 0) is 0 Å². The van der Waals surface area contributed by atoms with Crippen LogP contribution in [-0.4, -0.2) is 11.2 Å². The smallest absolute Gasteiger partial charge is 0.0576 e. The first kappa shape index (κ1) is 10.5. The second kappa shape index (κ2) is 3.84. The molecule has 1 N–H and O–H groups in total. The molecule has 2 aliphatic carbocycles. The van der Waals surface area contributed by atoms with Crippen LogP contribution < -0.4 is 0 Å². The fraction of sp³-hybridized carbons (Fsp3) is 1.00. The van der Waals surface area contributed by atoms with E-state index in [2.05, 4.69) is 13.8 Å². The van der Waals surface area contributed by atoms with Gasteiger partial charge in [0.05, 0.1) is 6.10 Å². The molecule has 0 aromatic heterocycles. The van der Waals surface area contributed by atoms with E-state index in [1.165, 1.54) is 38.5 Å². The molecule has 0 saturated heterocycles. The highest BCUT2D eigenvalue weighted by molar-refractivity contribution is 4.99. The third-order valence-electron chi connectivity index (χ3n) is 4.35. The van der Waals surface area contributed by atoms with Crippen LogP contribution >= 0.6 is 0 Å². The third-order valence-corrected chi connectivity index (χ3v) is 4.35. The molecule has 0 heterocycles. The van der Waals surface area contributed by atoms with Crippen molar-refractivity contribution in [1.29, 1.82) is 0 Å². The molecule has 2 fully saturated rings. The second-order valence-corrected chi connectivity index (χ2v) is 6.11. The van der Waals surface area contributed by atoms with Crippen LogP contribution in [0.15, 0.2) is 0 Å². The van der Waals surface area contributed by atoms with Crippen molar-refractivity contribution in [3.63, 3.8) is 0 Å². The normalized spacial score (nSPS) is 34.1. The Morgan fingerprint density at radius 2 is 1.79 bits per heavy atom. The molecular weight excluding hydrogens is 172 g/mol. The quantitative estimate of drug-likeness (QED) is 0.734. The minimum absolute atomic E-state index is 0.00639. The zero-order valence-corrected chi connectivity index (χ0v) is 9.63. The average Bonchev–Trinajstić information content (AvgIpc) is 2.77. The van der Waals surface area contributed by atoms with Crippen molar-refractivity contribution in [2.45, 2.75) is 64.9 Å². The summed E-state index contributed by atoms with van der Waals surface area (Å²) in [6, 6.07) is 0. The Kier molecular flexibility index (Phi) is 2.88. The minimum Gasteiger partial charge on any atom is -0.393 e. The molecular formula is C13H24O. The van der Waals surface area contributed by atoms with Crippen molar-refractivity contribution in [2.24, 2.45) is 17.3 Å². The maximum absolute atomic E-state index is 10.1. The Balaban J connectivity index is 1.74. The van der Waals surface area contributed by atoms with Crippen molar-refractivity contribution < 1.29 is 5.11 Å². The van der Waals surface area contributed by atoms with Gasteiger partial charge in [-0.3, -0.25) is 0 Å². The molecule has 0 aliphatic heterocycles. The molecule has 0 aromatic carbocycles. The maximum atomic E-state index is 10.1. The van der Waals surface area contributed by atoms with Crippen LogP contribution in [0.25, 0.3) is 0 Å². The van der Waals surface area contributed by atoms with E-state index in [0.29, 0.717) is 11.3 Å². The lowest BCUT2D eigenvalue weighted by Crippen LogP contribution is -2.19. The van der Waals surface area contributed by atoms with Gasteiger partial charge in [0, 0.05) is 0 Å². The summed E-state index contributed by atoms with van der Waals surface area (Å²) in [5.74, 6) is 1.43. The third kappa shape index (κ3) is 2.31. The van der Waals surface area contributed by atoms with Crippen LogP contribution in [0.5, 0.6) is 0 Å². The van der Waals surface area contributed by atoms with Crippen LogP contribution in [0.2, 0.25) is 0 Å². The molecule has 1 nitrogen and oxygen atoms in total. The number of rotatable bonds is 3. The lowest BCUT2D eigenvalue weighted by molar-refractivity contribution is 0.0985. The van der Waals surface area contributed by atoms with Crippen molar-refractivity contribution in [3.05, 3.63) is 0 Å². The minimum atomic E-state index is -0.00639. The fourth-order valence-corrected chi connectivity index (χ4v) is 3.09. The van der Waals surface area contributed by atoms with Crippen LogP contribution in [0.3, 0.4) is 0 Å². The number of aliphatic hydroxyl groups is 1. The molecule has 2 unspecified atom stereocenters. The van der Waals surface area contributed by atoms with E-state index in [1.54, 1.807) is 0 Å². The molecule has 0 amide bonds. The summed E-state index contributed by atoms with van der Waals surface area (Å²) < 4.78 is 0. The molecule has 0 spiro atoms. The summed E-state index contributed by atoms with van der Waals surface area (Å²) in [6.45, 7) is 4.56. The Bertz CT molecular complexity index is 191. The van der Waals surface area contributed by atoms with Crippen LogP contribution in [0.1, 0.15) is 58.8 Å². The van der Waals surface area contributed by atoms with Gasteiger partial charge >= 0.3 is 0 Å². The summed E-state index contributed by atoms with van der Waals surface area (Å²) in [7, 11) is 0. The summed E-state index contributed by atoms with van der Waals surface area (Å²) in [6.07, 6.45) is 9.25. The monoisotopic (exact) mass is 196 g/mol. The standard InChI is InChI=1S/C13H24O/c1-13(2)9-11(13)12(14)8-10-6-4-3-5-7-10/h10-12,14H,3-9H2,1-2H3. The van der Waals surface area contributed by atoms with E-state index in [-0.39, 0.29) is 6.10 Å². The maximum Gasteiger partial charge on any atom is 0.0576 e. The number of hydrogen-bond donors (Lipinski definition) is 1. The highest BCUT2D eigenvalue weighted by Gasteiger charge is 2.49. The zero-order valence-electron chi connectivity index (χ0n) is 9.63. The Morgan fingerprint density at radius 3 is 2.29 bits per heavy atom.